The number of hydrogen-bond acceptors (Lipinski definition) is 6. The predicted molar refractivity (Wildman–Crippen MR) is 115 cm³/mol. The highest BCUT2D eigenvalue weighted by Crippen LogP contribution is 2.45. The van der Waals surface area contributed by atoms with E-state index in [0.29, 0.717) is 11.1 Å². The van der Waals surface area contributed by atoms with Crippen LogP contribution in [0.3, 0.4) is 0 Å². The average molecular weight is 470 g/mol. The largest absolute Gasteiger partial charge is 0.463 e. The highest BCUT2D eigenvalue weighted by Gasteiger charge is 2.41. The normalized spacial score (nSPS) is 15.3. The molecule has 0 atom stereocenters. The zero-order chi connectivity index (χ0) is 21.0. The maximum Gasteiger partial charge on any atom is 0.336 e. The van der Waals surface area contributed by atoms with Gasteiger partial charge >= 0.3 is 11.9 Å². The number of nitrogens with one attached hydrogen (secondary N) is 1. The lowest BCUT2D eigenvalue weighted by molar-refractivity contribution is -0.139. The Labute approximate surface area is 179 Å². The van der Waals surface area contributed by atoms with Crippen molar-refractivity contribution in [1.82, 2.24) is 5.32 Å². The standard InChI is InChI=1S/C21H28BrNO4S/c1-7-26-20(24)16-15(13-9-10-14(22)28-13)17(21(25)27-8-2)19(12(5)6)23-18(16)11(3)4/h9-12,15,23H,7-8H2,1-6H3. The average Bonchev–Trinajstić information content (AvgIpc) is 3.06. The molecule has 1 aromatic heterocycles. The van der Waals surface area contributed by atoms with Crippen LogP contribution in [0.1, 0.15) is 52.3 Å². The monoisotopic (exact) mass is 469 g/mol. The van der Waals surface area contributed by atoms with Gasteiger partial charge in [-0.2, -0.15) is 0 Å². The summed E-state index contributed by atoms with van der Waals surface area (Å²) in [4.78, 5) is 26.9. The minimum absolute atomic E-state index is 0.0582. The number of halogens is 1. The first-order chi connectivity index (χ1) is 13.2. The van der Waals surface area contributed by atoms with E-state index in [9.17, 15) is 9.59 Å². The minimum Gasteiger partial charge on any atom is -0.463 e. The number of hydrogen-bond donors (Lipinski definition) is 1. The highest BCUT2D eigenvalue weighted by molar-refractivity contribution is 9.11. The molecule has 1 aliphatic rings. The van der Waals surface area contributed by atoms with Gasteiger partial charge in [-0.15, -0.1) is 11.3 Å². The van der Waals surface area contributed by atoms with Crippen LogP contribution in [0.15, 0.2) is 38.5 Å². The number of rotatable bonds is 7. The summed E-state index contributed by atoms with van der Waals surface area (Å²) >= 11 is 5.01. The van der Waals surface area contributed by atoms with Crippen LogP contribution in [-0.4, -0.2) is 25.2 Å². The molecule has 28 heavy (non-hydrogen) atoms. The number of dihydropyridines is 1. The second kappa shape index (κ2) is 9.74. The Morgan fingerprint density at radius 3 is 1.79 bits per heavy atom. The molecule has 1 N–H and O–H groups in total. The van der Waals surface area contributed by atoms with Gasteiger partial charge in [0.15, 0.2) is 0 Å². The van der Waals surface area contributed by atoms with Crippen molar-refractivity contribution in [3.63, 3.8) is 0 Å². The zero-order valence-electron chi connectivity index (χ0n) is 17.2. The van der Waals surface area contributed by atoms with Crippen molar-refractivity contribution in [2.45, 2.75) is 47.5 Å². The second-order valence-electron chi connectivity index (χ2n) is 7.10. The minimum atomic E-state index is -0.523. The van der Waals surface area contributed by atoms with Crippen LogP contribution < -0.4 is 5.32 Å². The van der Waals surface area contributed by atoms with Gasteiger partial charge in [-0.1, -0.05) is 27.7 Å². The summed E-state index contributed by atoms with van der Waals surface area (Å²) in [7, 11) is 0. The summed E-state index contributed by atoms with van der Waals surface area (Å²) in [6, 6.07) is 3.87. The first-order valence-electron chi connectivity index (χ1n) is 9.57. The van der Waals surface area contributed by atoms with Gasteiger partial charge in [0.05, 0.1) is 34.1 Å². The fourth-order valence-corrected chi connectivity index (χ4v) is 4.83. The quantitative estimate of drug-likeness (QED) is 0.559. The lowest BCUT2D eigenvalue weighted by Gasteiger charge is -2.34. The SMILES string of the molecule is CCOC(=O)C1=C(C(C)C)NC(C(C)C)=C(C(=O)OCC)C1c1ccc(Br)s1. The van der Waals surface area contributed by atoms with E-state index in [2.05, 4.69) is 21.2 Å². The van der Waals surface area contributed by atoms with Gasteiger partial charge in [-0.3, -0.25) is 0 Å². The van der Waals surface area contributed by atoms with Crippen LogP contribution in [-0.2, 0) is 19.1 Å². The van der Waals surface area contributed by atoms with Crippen molar-refractivity contribution in [3.05, 3.63) is 43.3 Å². The molecule has 0 aliphatic carbocycles. The molecule has 0 fully saturated rings. The Morgan fingerprint density at radius 2 is 1.46 bits per heavy atom. The summed E-state index contributed by atoms with van der Waals surface area (Å²) < 4.78 is 11.7. The summed E-state index contributed by atoms with van der Waals surface area (Å²) in [6.45, 7) is 12.2. The van der Waals surface area contributed by atoms with Crippen molar-refractivity contribution in [3.8, 4) is 0 Å². The van der Waals surface area contributed by atoms with Gasteiger partial charge in [0.25, 0.3) is 0 Å². The molecule has 1 aliphatic heterocycles. The summed E-state index contributed by atoms with van der Waals surface area (Å²) in [5.74, 6) is -1.22. The van der Waals surface area contributed by atoms with Crippen LogP contribution in [0.2, 0.25) is 0 Å². The van der Waals surface area contributed by atoms with Crippen LogP contribution in [0.4, 0.5) is 0 Å². The maximum atomic E-state index is 13.0. The fraction of sp³-hybridized carbons (Fsp3) is 0.524. The zero-order valence-corrected chi connectivity index (χ0v) is 19.6. The highest BCUT2D eigenvalue weighted by atomic mass is 79.9. The van der Waals surface area contributed by atoms with Crippen molar-refractivity contribution < 1.29 is 19.1 Å². The van der Waals surface area contributed by atoms with E-state index in [0.717, 1.165) is 20.1 Å². The molecule has 0 aromatic carbocycles. The topological polar surface area (TPSA) is 64.6 Å². The molecule has 0 amide bonds. The molecule has 0 spiro atoms. The van der Waals surface area contributed by atoms with Gasteiger partial charge in [0.2, 0.25) is 0 Å². The molecule has 7 heteroatoms. The Balaban J connectivity index is 2.79. The lowest BCUT2D eigenvalue weighted by atomic mass is 9.80. The third kappa shape index (κ3) is 4.69. The molecule has 0 unspecified atom stereocenters. The molecule has 5 nitrogen and oxygen atoms in total. The van der Waals surface area contributed by atoms with E-state index >= 15 is 0 Å². The van der Waals surface area contributed by atoms with E-state index < -0.39 is 17.9 Å². The lowest BCUT2D eigenvalue weighted by Crippen LogP contribution is -2.37. The van der Waals surface area contributed by atoms with Crippen LogP contribution in [0, 0.1) is 11.8 Å². The Morgan fingerprint density at radius 1 is 1.00 bits per heavy atom. The van der Waals surface area contributed by atoms with Crippen LogP contribution in [0.5, 0.6) is 0 Å². The Bertz CT molecular complexity index is 761. The number of thiophene rings is 1. The molecule has 154 valence electrons. The van der Waals surface area contributed by atoms with Gasteiger partial charge in [0.1, 0.15) is 0 Å². The van der Waals surface area contributed by atoms with Gasteiger partial charge < -0.3 is 14.8 Å². The van der Waals surface area contributed by atoms with Gasteiger partial charge in [-0.25, -0.2) is 9.59 Å². The molecule has 2 rings (SSSR count). The van der Waals surface area contributed by atoms with Gasteiger partial charge in [-0.05, 0) is 53.7 Å². The molecule has 0 radical (unpaired) electrons. The van der Waals surface area contributed by atoms with Crippen molar-refractivity contribution in [2.24, 2.45) is 11.8 Å². The summed E-state index contributed by atoms with van der Waals surface area (Å²) in [5.41, 5.74) is 2.56. The van der Waals surface area contributed by atoms with E-state index in [-0.39, 0.29) is 25.0 Å². The Hall–Kier alpha value is -1.60. The summed E-state index contributed by atoms with van der Waals surface area (Å²) in [6.07, 6.45) is 0. The van der Waals surface area contributed by atoms with Gasteiger partial charge in [0, 0.05) is 16.3 Å². The number of carbonyl (C=O) groups is 2. The van der Waals surface area contributed by atoms with E-state index in [1.54, 1.807) is 13.8 Å². The number of ether oxygens (including phenoxy) is 2. The van der Waals surface area contributed by atoms with Crippen molar-refractivity contribution in [2.75, 3.05) is 13.2 Å². The number of allylic oxidation sites excluding steroid dienone is 2. The smallest absolute Gasteiger partial charge is 0.336 e. The van der Waals surface area contributed by atoms with Crippen LogP contribution >= 0.6 is 27.3 Å². The molecule has 0 saturated heterocycles. The number of carbonyl (C=O) groups excluding carboxylic acids is 2. The van der Waals surface area contributed by atoms with Crippen LogP contribution in [0.25, 0.3) is 0 Å². The second-order valence-corrected chi connectivity index (χ2v) is 9.60. The predicted octanol–water partition coefficient (Wildman–Crippen LogP) is 5.14. The third-order valence-corrected chi connectivity index (χ3v) is 6.14. The fourth-order valence-electron chi connectivity index (χ4n) is 3.29. The molecular formula is C21H28BrNO4S. The first-order valence-corrected chi connectivity index (χ1v) is 11.2. The Kier molecular flexibility index (Phi) is 7.89. The van der Waals surface area contributed by atoms with E-state index in [1.807, 2.05) is 39.8 Å². The molecular weight excluding hydrogens is 442 g/mol. The number of esters is 2. The maximum absolute atomic E-state index is 13.0. The van der Waals surface area contributed by atoms with E-state index in [4.69, 9.17) is 9.47 Å². The van der Waals surface area contributed by atoms with Crippen molar-refractivity contribution in [1.29, 1.82) is 0 Å². The molecule has 0 saturated carbocycles. The van der Waals surface area contributed by atoms with Crippen molar-refractivity contribution >= 4 is 39.2 Å². The van der Waals surface area contributed by atoms with E-state index in [1.165, 1.54) is 11.3 Å². The molecule has 1 aromatic rings. The molecule has 0 bridgehead atoms. The summed E-state index contributed by atoms with van der Waals surface area (Å²) in [5, 5.41) is 3.39. The first kappa shape index (κ1) is 22.7. The molecule has 2 heterocycles. The third-order valence-electron chi connectivity index (χ3n) is 4.45.